The van der Waals surface area contributed by atoms with Gasteiger partial charge in [-0.3, -0.25) is 24.5 Å². The lowest BCUT2D eigenvalue weighted by molar-refractivity contribution is -0.136. The lowest BCUT2D eigenvalue weighted by Crippen LogP contribution is -2.52. The molecule has 3 aliphatic rings. The zero-order chi connectivity index (χ0) is 24.8. The smallest absolute Gasteiger partial charge is 0.273 e. The highest BCUT2D eigenvalue weighted by Gasteiger charge is 2.39. The third kappa shape index (κ3) is 3.88. The minimum Gasteiger partial charge on any atom is -0.493 e. The number of hydrogen-bond acceptors (Lipinski definition) is 7. The van der Waals surface area contributed by atoms with Gasteiger partial charge in [-0.15, -0.1) is 5.10 Å². The maximum atomic E-state index is 13.1. The van der Waals surface area contributed by atoms with Crippen molar-refractivity contribution >= 4 is 23.6 Å². The van der Waals surface area contributed by atoms with E-state index in [4.69, 9.17) is 4.74 Å². The van der Waals surface area contributed by atoms with Crippen LogP contribution in [0, 0.1) is 0 Å². The van der Waals surface area contributed by atoms with Crippen LogP contribution in [0.25, 0.3) is 5.69 Å². The van der Waals surface area contributed by atoms with Crippen LogP contribution in [0.2, 0.25) is 0 Å². The van der Waals surface area contributed by atoms with Crippen molar-refractivity contribution in [3.8, 4) is 11.4 Å². The Morgan fingerprint density at radius 2 is 2.00 bits per heavy atom. The summed E-state index contributed by atoms with van der Waals surface area (Å²) in [6, 6.07) is 10.4. The topological polar surface area (TPSA) is 136 Å². The largest absolute Gasteiger partial charge is 0.493 e. The minimum atomic E-state index is -0.675. The lowest BCUT2D eigenvalue weighted by atomic mass is 10.0. The molecule has 6 rings (SSSR count). The number of benzene rings is 2. The van der Waals surface area contributed by atoms with Gasteiger partial charge in [0.15, 0.2) is 5.69 Å². The SMILES string of the molecule is O=C1CCC(N2Cc3ccc(-n4cc(C(=O)NCc5ccc6c(c5)CCO6)nn4)cc3C2=O)C(=O)N1. The summed E-state index contributed by atoms with van der Waals surface area (Å²) in [6.07, 6.45) is 2.87. The highest BCUT2D eigenvalue weighted by molar-refractivity contribution is 6.05. The van der Waals surface area contributed by atoms with E-state index < -0.39 is 11.9 Å². The van der Waals surface area contributed by atoms with E-state index in [1.807, 2.05) is 18.2 Å². The molecule has 1 atom stereocenters. The molecule has 1 unspecified atom stereocenters. The van der Waals surface area contributed by atoms with Gasteiger partial charge in [-0.1, -0.05) is 23.4 Å². The van der Waals surface area contributed by atoms with Crippen LogP contribution in [0.3, 0.4) is 0 Å². The third-order valence-corrected chi connectivity index (χ3v) is 6.71. The fourth-order valence-corrected chi connectivity index (χ4v) is 4.80. The zero-order valence-electron chi connectivity index (χ0n) is 19.2. The second-order valence-electron chi connectivity index (χ2n) is 9.01. The van der Waals surface area contributed by atoms with Gasteiger partial charge in [0.2, 0.25) is 11.8 Å². The van der Waals surface area contributed by atoms with E-state index in [0.717, 1.165) is 28.9 Å². The molecule has 2 aromatic carbocycles. The van der Waals surface area contributed by atoms with Gasteiger partial charge in [0, 0.05) is 31.5 Å². The summed E-state index contributed by atoms with van der Waals surface area (Å²) in [5.74, 6) is -0.525. The monoisotopic (exact) mass is 486 g/mol. The first-order valence-corrected chi connectivity index (χ1v) is 11.7. The predicted molar refractivity (Wildman–Crippen MR) is 124 cm³/mol. The van der Waals surface area contributed by atoms with Crippen LogP contribution in [0.1, 0.15) is 50.4 Å². The van der Waals surface area contributed by atoms with E-state index in [0.29, 0.717) is 37.4 Å². The number of nitrogens with one attached hydrogen (secondary N) is 2. The number of rotatable bonds is 5. The highest BCUT2D eigenvalue weighted by Crippen LogP contribution is 2.29. The predicted octanol–water partition coefficient (Wildman–Crippen LogP) is 0.893. The molecule has 0 aliphatic carbocycles. The number of amides is 4. The average Bonchev–Trinajstić information content (AvgIpc) is 3.61. The molecule has 3 aliphatic heterocycles. The molecule has 11 heteroatoms. The molecule has 1 fully saturated rings. The number of carbonyl (C=O) groups excluding carboxylic acids is 4. The third-order valence-electron chi connectivity index (χ3n) is 6.71. The average molecular weight is 486 g/mol. The van der Waals surface area contributed by atoms with Crippen LogP contribution >= 0.6 is 0 Å². The van der Waals surface area contributed by atoms with Crippen molar-refractivity contribution in [3.05, 3.63) is 70.5 Å². The van der Waals surface area contributed by atoms with Crippen molar-refractivity contribution in [2.24, 2.45) is 0 Å². The van der Waals surface area contributed by atoms with Crippen molar-refractivity contribution in [2.75, 3.05) is 6.61 Å². The summed E-state index contributed by atoms with van der Waals surface area (Å²) < 4.78 is 6.95. The number of carbonyl (C=O) groups is 4. The van der Waals surface area contributed by atoms with E-state index in [9.17, 15) is 19.2 Å². The van der Waals surface area contributed by atoms with E-state index in [1.54, 1.807) is 18.2 Å². The minimum absolute atomic E-state index is 0.150. The molecule has 2 N–H and O–H groups in total. The van der Waals surface area contributed by atoms with Crippen molar-refractivity contribution < 1.29 is 23.9 Å². The normalized spacial score (nSPS) is 18.5. The molecule has 0 radical (unpaired) electrons. The number of fused-ring (bicyclic) bond motifs is 2. The molecule has 4 amide bonds. The van der Waals surface area contributed by atoms with Gasteiger partial charge in [0.1, 0.15) is 11.8 Å². The number of imide groups is 1. The number of hydrogen-bond donors (Lipinski definition) is 2. The molecule has 4 heterocycles. The molecular formula is C25H22N6O5. The second kappa shape index (κ2) is 8.59. The molecular weight excluding hydrogens is 464 g/mol. The van der Waals surface area contributed by atoms with E-state index >= 15 is 0 Å². The van der Waals surface area contributed by atoms with E-state index in [-0.39, 0.29) is 29.8 Å². The number of aromatic nitrogens is 3. The van der Waals surface area contributed by atoms with Gasteiger partial charge in [-0.25, -0.2) is 4.68 Å². The number of ether oxygens (including phenoxy) is 1. The molecule has 0 saturated carbocycles. The van der Waals surface area contributed by atoms with Crippen LogP contribution in [0.4, 0.5) is 0 Å². The Balaban J connectivity index is 1.14. The van der Waals surface area contributed by atoms with Crippen LogP contribution in [-0.2, 0) is 29.1 Å². The van der Waals surface area contributed by atoms with Crippen molar-refractivity contribution in [1.29, 1.82) is 0 Å². The summed E-state index contributed by atoms with van der Waals surface area (Å²) in [7, 11) is 0. The standard InChI is InChI=1S/C25H22N6O5/c32-22-6-4-20(24(34)27-22)30-12-16-2-3-17(10-18(16)25(30)35)31-13-19(28-29-31)23(33)26-11-14-1-5-21-15(9-14)7-8-36-21/h1-3,5,9-10,13,20H,4,6-8,11-12H2,(H,26,33)(H,27,32,34). The Morgan fingerprint density at radius 1 is 1.11 bits per heavy atom. The first kappa shape index (κ1) is 22.0. The Labute approximate surface area is 205 Å². The summed E-state index contributed by atoms with van der Waals surface area (Å²) in [6.45, 7) is 1.32. The Bertz CT molecular complexity index is 1430. The molecule has 1 saturated heterocycles. The molecule has 3 aromatic rings. The molecule has 0 spiro atoms. The van der Waals surface area contributed by atoms with Crippen LogP contribution in [0.15, 0.2) is 42.6 Å². The summed E-state index contributed by atoms with van der Waals surface area (Å²) in [5.41, 5.74) is 4.06. The van der Waals surface area contributed by atoms with Crippen molar-refractivity contribution in [2.45, 2.75) is 38.4 Å². The van der Waals surface area contributed by atoms with Gasteiger partial charge >= 0.3 is 0 Å². The van der Waals surface area contributed by atoms with Crippen LogP contribution in [0.5, 0.6) is 5.75 Å². The molecule has 1 aromatic heterocycles. The van der Waals surface area contributed by atoms with Crippen molar-refractivity contribution in [3.63, 3.8) is 0 Å². The first-order chi connectivity index (χ1) is 17.5. The maximum absolute atomic E-state index is 13.1. The molecule has 11 nitrogen and oxygen atoms in total. The van der Waals surface area contributed by atoms with Gasteiger partial charge in [-0.05, 0) is 41.3 Å². The number of piperidine rings is 1. The Hall–Kier alpha value is -4.54. The summed E-state index contributed by atoms with van der Waals surface area (Å²) >= 11 is 0. The van der Waals surface area contributed by atoms with E-state index in [2.05, 4.69) is 20.9 Å². The first-order valence-electron chi connectivity index (χ1n) is 11.7. The van der Waals surface area contributed by atoms with Gasteiger partial charge in [0.25, 0.3) is 11.8 Å². The van der Waals surface area contributed by atoms with Crippen LogP contribution in [-0.4, -0.2) is 56.2 Å². The Morgan fingerprint density at radius 3 is 2.86 bits per heavy atom. The van der Waals surface area contributed by atoms with Crippen LogP contribution < -0.4 is 15.4 Å². The number of nitrogens with zero attached hydrogens (tertiary/aromatic N) is 4. The zero-order valence-corrected chi connectivity index (χ0v) is 19.2. The summed E-state index contributed by atoms with van der Waals surface area (Å²) in [5, 5.41) is 13.2. The van der Waals surface area contributed by atoms with Gasteiger partial charge < -0.3 is 15.0 Å². The quantitative estimate of drug-likeness (QED) is 0.512. The molecule has 0 bridgehead atoms. The van der Waals surface area contributed by atoms with E-state index in [1.165, 1.54) is 15.8 Å². The molecule has 182 valence electrons. The maximum Gasteiger partial charge on any atom is 0.273 e. The fourth-order valence-electron chi connectivity index (χ4n) is 4.80. The van der Waals surface area contributed by atoms with Gasteiger partial charge in [0.05, 0.1) is 18.5 Å². The molecule has 36 heavy (non-hydrogen) atoms. The van der Waals surface area contributed by atoms with Gasteiger partial charge in [-0.2, -0.15) is 0 Å². The fraction of sp³-hybridized carbons (Fsp3) is 0.280. The highest BCUT2D eigenvalue weighted by atomic mass is 16.5. The second-order valence-corrected chi connectivity index (χ2v) is 9.01. The Kier molecular flexibility index (Phi) is 5.24. The van der Waals surface area contributed by atoms with Crippen molar-refractivity contribution in [1.82, 2.24) is 30.5 Å². The lowest BCUT2D eigenvalue weighted by Gasteiger charge is -2.29. The summed E-state index contributed by atoms with van der Waals surface area (Å²) in [4.78, 5) is 50.9.